The lowest BCUT2D eigenvalue weighted by Gasteiger charge is -2.26. The van der Waals surface area contributed by atoms with E-state index in [4.69, 9.17) is 4.74 Å². The average Bonchev–Trinajstić information content (AvgIpc) is 3.36. The molecule has 0 bridgehead atoms. The number of hydrogen-bond donors (Lipinski definition) is 1. The molecule has 0 atom stereocenters. The Hall–Kier alpha value is -2.27. The fraction of sp³-hybridized carbons (Fsp3) is 0.222. The maximum atomic E-state index is 13.1. The maximum absolute atomic E-state index is 13.1. The van der Waals surface area contributed by atoms with Gasteiger partial charge in [-0.15, -0.1) is 22.7 Å². The minimum absolute atomic E-state index is 0.150. The van der Waals surface area contributed by atoms with Crippen LogP contribution in [-0.4, -0.2) is 37.3 Å². The largest absolute Gasteiger partial charge is 0.495 e. The van der Waals surface area contributed by atoms with Crippen LogP contribution in [0.25, 0.3) is 0 Å². The number of nitrogens with one attached hydrogen (secondary N) is 1. The van der Waals surface area contributed by atoms with Gasteiger partial charge >= 0.3 is 0 Å². The first kappa shape index (κ1) is 19.1. The molecule has 1 amide bonds. The Kier molecular flexibility index (Phi) is 5.19. The van der Waals surface area contributed by atoms with Gasteiger partial charge in [-0.3, -0.25) is 10.1 Å². The van der Waals surface area contributed by atoms with E-state index < -0.39 is 10.0 Å². The lowest BCUT2D eigenvalue weighted by Crippen LogP contribution is -2.35. The van der Waals surface area contributed by atoms with Crippen LogP contribution in [0.1, 0.15) is 20.2 Å². The molecule has 0 aliphatic carbocycles. The number of anilines is 1. The minimum atomic E-state index is -3.70. The molecule has 0 fully saturated rings. The van der Waals surface area contributed by atoms with Crippen LogP contribution >= 0.6 is 22.7 Å². The van der Waals surface area contributed by atoms with E-state index in [0.29, 0.717) is 28.7 Å². The first-order valence-electron chi connectivity index (χ1n) is 8.45. The van der Waals surface area contributed by atoms with Gasteiger partial charge in [0, 0.05) is 17.8 Å². The normalized spacial score (nSPS) is 14.5. The molecule has 28 heavy (non-hydrogen) atoms. The van der Waals surface area contributed by atoms with Gasteiger partial charge in [0.15, 0.2) is 5.13 Å². The molecule has 146 valence electrons. The van der Waals surface area contributed by atoms with Crippen molar-refractivity contribution in [2.45, 2.75) is 17.9 Å². The Morgan fingerprint density at radius 3 is 2.82 bits per heavy atom. The molecule has 0 saturated heterocycles. The van der Waals surface area contributed by atoms with Crippen LogP contribution in [-0.2, 0) is 23.0 Å². The summed E-state index contributed by atoms with van der Waals surface area (Å²) < 4.78 is 32.8. The van der Waals surface area contributed by atoms with Gasteiger partial charge in [-0.05, 0) is 23.6 Å². The molecule has 0 saturated carbocycles. The van der Waals surface area contributed by atoms with Crippen molar-refractivity contribution in [1.82, 2.24) is 9.29 Å². The van der Waals surface area contributed by atoms with Crippen LogP contribution in [0.5, 0.6) is 5.75 Å². The molecule has 7 nitrogen and oxygen atoms in total. The standard InChI is InChI=1S/C18H17N3O4S3/c1-25-13-5-2-3-7-16(13)28(23,24)21-9-8-12-15(11-21)27-18(19-12)20-17(22)14-6-4-10-26-14/h2-7,10H,8-9,11H2,1H3,(H,19,20,22). The number of aromatic nitrogens is 1. The van der Waals surface area contributed by atoms with Gasteiger partial charge in [0.05, 0.1) is 24.2 Å². The molecular formula is C18H17N3O4S3. The summed E-state index contributed by atoms with van der Waals surface area (Å²) in [7, 11) is -2.24. The predicted molar refractivity (Wildman–Crippen MR) is 109 cm³/mol. The average molecular weight is 436 g/mol. The van der Waals surface area contributed by atoms with Crippen molar-refractivity contribution in [3.63, 3.8) is 0 Å². The Morgan fingerprint density at radius 1 is 1.25 bits per heavy atom. The molecule has 0 radical (unpaired) electrons. The monoisotopic (exact) mass is 435 g/mol. The Labute approximate surface area is 170 Å². The van der Waals surface area contributed by atoms with E-state index in [1.807, 2.05) is 11.4 Å². The molecule has 3 aromatic rings. The summed E-state index contributed by atoms with van der Waals surface area (Å²) in [6.45, 7) is 0.553. The Bertz CT molecular complexity index is 1110. The van der Waals surface area contributed by atoms with Gasteiger partial charge in [0.2, 0.25) is 10.0 Å². The molecule has 1 aromatic carbocycles. The highest BCUT2D eigenvalue weighted by Gasteiger charge is 2.32. The van der Waals surface area contributed by atoms with E-state index in [-0.39, 0.29) is 17.3 Å². The van der Waals surface area contributed by atoms with E-state index >= 15 is 0 Å². The zero-order chi connectivity index (χ0) is 19.7. The molecule has 10 heteroatoms. The van der Waals surface area contributed by atoms with Crippen LogP contribution in [0.15, 0.2) is 46.7 Å². The number of methoxy groups -OCH3 is 1. The number of thiophene rings is 1. The number of rotatable bonds is 5. The summed E-state index contributed by atoms with van der Waals surface area (Å²) in [5, 5.41) is 5.12. The van der Waals surface area contributed by atoms with Crippen molar-refractivity contribution in [2.75, 3.05) is 19.0 Å². The molecule has 1 aliphatic rings. The number of hydrogen-bond acceptors (Lipinski definition) is 7. The van der Waals surface area contributed by atoms with E-state index in [0.717, 1.165) is 10.6 Å². The molecule has 0 unspecified atom stereocenters. The Balaban J connectivity index is 1.55. The first-order chi connectivity index (χ1) is 13.5. The second kappa shape index (κ2) is 7.63. The van der Waals surface area contributed by atoms with Crippen molar-refractivity contribution in [3.8, 4) is 5.75 Å². The quantitative estimate of drug-likeness (QED) is 0.665. The zero-order valence-corrected chi connectivity index (χ0v) is 17.4. The van der Waals surface area contributed by atoms with Gasteiger partial charge < -0.3 is 4.74 Å². The van der Waals surface area contributed by atoms with Crippen LogP contribution in [0.3, 0.4) is 0 Å². The van der Waals surface area contributed by atoms with Crippen molar-refractivity contribution in [2.24, 2.45) is 0 Å². The number of nitrogens with zero attached hydrogens (tertiary/aromatic N) is 2. The summed E-state index contributed by atoms with van der Waals surface area (Å²) in [6.07, 6.45) is 0.495. The lowest BCUT2D eigenvalue weighted by molar-refractivity contribution is 0.103. The maximum Gasteiger partial charge on any atom is 0.267 e. The highest BCUT2D eigenvalue weighted by atomic mass is 32.2. The minimum Gasteiger partial charge on any atom is -0.495 e. The third-order valence-electron chi connectivity index (χ3n) is 4.35. The summed E-state index contributed by atoms with van der Waals surface area (Å²) in [5.74, 6) is 0.112. The number of carbonyl (C=O) groups is 1. The molecule has 3 heterocycles. The van der Waals surface area contributed by atoms with Crippen LogP contribution in [0.4, 0.5) is 5.13 Å². The summed E-state index contributed by atoms with van der Waals surface area (Å²) in [6, 6.07) is 10.1. The first-order valence-corrected chi connectivity index (χ1v) is 11.6. The topological polar surface area (TPSA) is 88.6 Å². The summed E-state index contributed by atoms with van der Waals surface area (Å²) >= 11 is 2.67. The SMILES string of the molecule is COc1ccccc1S(=O)(=O)N1CCc2nc(NC(=O)c3cccs3)sc2C1. The molecule has 1 aliphatic heterocycles. The third-order valence-corrected chi connectivity index (χ3v) is 8.10. The van der Waals surface area contributed by atoms with Gasteiger partial charge in [0.25, 0.3) is 5.91 Å². The highest BCUT2D eigenvalue weighted by Crippen LogP contribution is 2.33. The van der Waals surface area contributed by atoms with Crippen molar-refractivity contribution < 1.29 is 17.9 Å². The number of fused-ring (bicyclic) bond motifs is 1. The predicted octanol–water partition coefficient (Wildman–Crippen LogP) is 3.21. The molecule has 2 aromatic heterocycles. The second-order valence-electron chi connectivity index (χ2n) is 6.06. The second-order valence-corrected chi connectivity index (χ2v) is 10.00. The number of para-hydroxylation sites is 1. The van der Waals surface area contributed by atoms with E-state index in [9.17, 15) is 13.2 Å². The molecular weight excluding hydrogens is 418 g/mol. The van der Waals surface area contributed by atoms with E-state index in [1.165, 1.54) is 34.1 Å². The number of benzene rings is 1. The zero-order valence-electron chi connectivity index (χ0n) is 14.9. The fourth-order valence-electron chi connectivity index (χ4n) is 2.97. The van der Waals surface area contributed by atoms with Gasteiger partial charge in [0.1, 0.15) is 10.6 Å². The van der Waals surface area contributed by atoms with E-state index in [2.05, 4.69) is 10.3 Å². The van der Waals surface area contributed by atoms with Crippen LogP contribution in [0, 0.1) is 0 Å². The third kappa shape index (κ3) is 3.55. The van der Waals surface area contributed by atoms with Crippen LogP contribution < -0.4 is 10.1 Å². The number of ether oxygens (including phenoxy) is 1. The number of amides is 1. The van der Waals surface area contributed by atoms with Crippen LogP contribution in [0.2, 0.25) is 0 Å². The number of carbonyl (C=O) groups excluding carboxylic acids is 1. The van der Waals surface area contributed by atoms with Crippen molar-refractivity contribution in [3.05, 3.63) is 57.2 Å². The Morgan fingerprint density at radius 2 is 2.07 bits per heavy atom. The number of thiazole rings is 1. The van der Waals surface area contributed by atoms with Crippen molar-refractivity contribution >= 4 is 43.7 Å². The molecule has 0 spiro atoms. The summed E-state index contributed by atoms with van der Waals surface area (Å²) in [5.41, 5.74) is 0.831. The molecule has 4 rings (SSSR count). The van der Waals surface area contributed by atoms with Gasteiger partial charge in [-0.1, -0.05) is 18.2 Å². The van der Waals surface area contributed by atoms with E-state index in [1.54, 1.807) is 30.3 Å². The summed E-state index contributed by atoms with van der Waals surface area (Å²) in [4.78, 5) is 18.3. The van der Waals surface area contributed by atoms with Crippen molar-refractivity contribution in [1.29, 1.82) is 0 Å². The molecule has 1 N–H and O–H groups in total. The fourth-order valence-corrected chi connectivity index (χ4v) is 6.25. The highest BCUT2D eigenvalue weighted by molar-refractivity contribution is 7.89. The van der Waals surface area contributed by atoms with Gasteiger partial charge in [-0.2, -0.15) is 4.31 Å². The van der Waals surface area contributed by atoms with Gasteiger partial charge in [-0.25, -0.2) is 13.4 Å². The lowest BCUT2D eigenvalue weighted by atomic mass is 10.2. The number of sulfonamides is 1. The smallest absolute Gasteiger partial charge is 0.267 e.